The van der Waals surface area contributed by atoms with Crippen molar-refractivity contribution >= 4 is 44.5 Å². The fourth-order valence-corrected chi connectivity index (χ4v) is 3.98. The van der Waals surface area contributed by atoms with Crippen LogP contribution in [0, 0.1) is 0 Å². The average Bonchev–Trinajstić information content (AvgIpc) is 3.19. The molecule has 1 fully saturated rings. The van der Waals surface area contributed by atoms with Gasteiger partial charge in [-0.1, -0.05) is 0 Å². The number of ether oxygens (including phenoxy) is 4. The first-order valence-corrected chi connectivity index (χ1v) is 11.1. The van der Waals surface area contributed by atoms with Gasteiger partial charge in [-0.25, -0.2) is 23.4 Å². The number of rotatable bonds is 7. The van der Waals surface area contributed by atoms with Crippen LogP contribution in [0.5, 0.6) is 0 Å². The molecule has 32 heavy (non-hydrogen) atoms. The van der Waals surface area contributed by atoms with Crippen LogP contribution in [0.4, 0.5) is 5.82 Å². The lowest BCUT2D eigenvalue weighted by Gasteiger charge is -2.24. The second-order valence-corrected chi connectivity index (χ2v) is 8.93. The number of sulfone groups is 1. The van der Waals surface area contributed by atoms with E-state index >= 15 is 0 Å². The van der Waals surface area contributed by atoms with E-state index in [4.69, 9.17) is 24.7 Å². The molecule has 0 spiro atoms. The van der Waals surface area contributed by atoms with E-state index in [0.717, 1.165) is 31.0 Å². The molecule has 2 aromatic heterocycles. The van der Waals surface area contributed by atoms with Crippen LogP contribution >= 0.6 is 0 Å². The van der Waals surface area contributed by atoms with Gasteiger partial charge in [0.15, 0.2) is 41.2 Å². The Hall–Kier alpha value is -3.17. The molecule has 0 radical (unpaired) electrons. The number of anilines is 1. The zero-order chi connectivity index (χ0) is 23.8. The van der Waals surface area contributed by atoms with Crippen LogP contribution in [-0.2, 0) is 43.2 Å². The molecule has 174 valence electrons. The number of hydrogen-bond acceptors (Lipinski definition) is 13. The number of aromatic nitrogens is 4. The summed E-state index contributed by atoms with van der Waals surface area (Å²) < 4.78 is 47.8. The van der Waals surface area contributed by atoms with E-state index in [1.165, 1.54) is 6.92 Å². The highest BCUT2D eigenvalue weighted by molar-refractivity contribution is 7.90. The summed E-state index contributed by atoms with van der Waals surface area (Å²) >= 11 is 0. The quantitative estimate of drug-likeness (QED) is 0.491. The Morgan fingerprint density at radius 1 is 1.12 bits per heavy atom. The number of nitrogens with zero attached hydrogens (tertiary/aromatic N) is 4. The maximum atomic E-state index is 12.5. The fourth-order valence-electron chi connectivity index (χ4n) is 3.18. The third-order valence-corrected chi connectivity index (χ3v) is 5.21. The topological polar surface area (TPSA) is 192 Å². The molecule has 3 heterocycles. The Bertz CT molecular complexity index is 1180. The molecule has 2 N–H and O–H groups in total. The summed E-state index contributed by atoms with van der Waals surface area (Å²) in [6.45, 7) is 3.08. The third-order valence-electron chi connectivity index (χ3n) is 4.26. The van der Waals surface area contributed by atoms with Gasteiger partial charge in [0.05, 0.1) is 0 Å². The highest BCUT2D eigenvalue weighted by Gasteiger charge is 2.52. The van der Waals surface area contributed by atoms with Crippen molar-refractivity contribution in [2.24, 2.45) is 0 Å². The predicted molar refractivity (Wildman–Crippen MR) is 104 cm³/mol. The summed E-state index contributed by atoms with van der Waals surface area (Å²) in [5.41, 5.74) is 5.75. The number of ketones is 1. The number of fused-ring (bicyclic) bond motifs is 1. The molecule has 0 bridgehead atoms. The van der Waals surface area contributed by atoms with E-state index in [-0.39, 0.29) is 22.8 Å². The second-order valence-electron chi connectivity index (χ2n) is 7.02. The van der Waals surface area contributed by atoms with Crippen molar-refractivity contribution in [3.8, 4) is 0 Å². The van der Waals surface area contributed by atoms with Crippen LogP contribution in [-0.4, -0.2) is 77.0 Å². The van der Waals surface area contributed by atoms with Crippen LogP contribution in [0.2, 0.25) is 0 Å². The van der Waals surface area contributed by atoms with Crippen molar-refractivity contribution < 1.29 is 41.7 Å². The summed E-state index contributed by atoms with van der Waals surface area (Å²) in [5.74, 6) is -1.97. The van der Waals surface area contributed by atoms with Crippen LogP contribution in [0.15, 0.2) is 11.5 Å². The number of Topliss-reactive ketones (excluding diaryl/α,β-unsaturated/α-hetero) is 1. The Kier molecular flexibility index (Phi) is 6.43. The smallest absolute Gasteiger partial charge is 0.303 e. The van der Waals surface area contributed by atoms with Crippen LogP contribution in [0.25, 0.3) is 11.2 Å². The maximum absolute atomic E-state index is 12.5. The number of carbonyl (C=O) groups is 3. The molecular weight excluding hydrogens is 450 g/mol. The monoisotopic (exact) mass is 471 g/mol. The zero-order valence-corrected chi connectivity index (χ0v) is 18.4. The lowest BCUT2D eigenvalue weighted by molar-refractivity contribution is -0.192. The largest absolute Gasteiger partial charge is 0.453 e. The molecule has 0 amide bonds. The SMILES string of the molecule is CC(=O)COC1OC(n2c(S(C)(=O)=O)nc3c(N)ncnc32)C(OC(C)=O)C1OC(C)=O. The predicted octanol–water partition coefficient (Wildman–Crippen LogP) is -0.864. The lowest BCUT2D eigenvalue weighted by Crippen LogP contribution is -2.40. The Labute approximate surface area is 181 Å². The van der Waals surface area contributed by atoms with E-state index in [1.54, 1.807) is 0 Å². The molecule has 0 aliphatic carbocycles. The number of nitrogen functional groups attached to an aromatic ring is 1. The van der Waals surface area contributed by atoms with Crippen LogP contribution < -0.4 is 5.73 Å². The van der Waals surface area contributed by atoms with E-state index in [9.17, 15) is 22.8 Å². The number of imidazole rings is 1. The summed E-state index contributed by atoms with van der Waals surface area (Å²) in [7, 11) is -3.98. The van der Waals surface area contributed by atoms with Gasteiger partial charge in [0.1, 0.15) is 12.9 Å². The van der Waals surface area contributed by atoms with Gasteiger partial charge in [0, 0.05) is 20.1 Å². The van der Waals surface area contributed by atoms with E-state index in [1.807, 2.05) is 0 Å². The minimum Gasteiger partial charge on any atom is -0.453 e. The van der Waals surface area contributed by atoms with Crippen LogP contribution in [0.3, 0.4) is 0 Å². The van der Waals surface area contributed by atoms with Crippen molar-refractivity contribution in [3.05, 3.63) is 6.33 Å². The summed E-state index contributed by atoms with van der Waals surface area (Å²) in [5, 5.41) is -0.504. The van der Waals surface area contributed by atoms with Crippen molar-refractivity contribution in [1.29, 1.82) is 0 Å². The first kappa shape index (κ1) is 23.5. The normalized spacial score (nSPS) is 23.2. The lowest BCUT2D eigenvalue weighted by atomic mass is 10.2. The number of esters is 2. The molecule has 0 aromatic carbocycles. The summed E-state index contributed by atoms with van der Waals surface area (Å²) in [4.78, 5) is 46.8. The van der Waals surface area contributed by atoms with Crippen molar-refractivity contribution in [1.82, 2.24) is 19.5 Å². The number of hydrogen-bond donors (Lipinski definition) is 1. The van der Waals surface area contributed by atoms with Crippen molar-refractivity contribution in [2.45, 2.75) is 50.7 Å². The van der Waals surface area contributed by atoms with Gasteiger partial charge in [0.25, 0.3) is 0 Å². The first-order valence-electron chi connectivity index (χ1n) is 9.19. The van der Waals surface area contributed by atoms with E-state index in [2.05, 4.69) is 15.0 Å². The molecule has 0 saturated carbocycles. The molecule has 15 heteroatoms. The molecule has 1 saturated heterocycles. The van der Waals surface area contributed by atoms with E-state index in [0.29, 0.717) is 0 Å². The molecule has 2 aromatic rings. The van der Waals surface area contributed by atoms with Gasteiger partial charge in [-0.3, -0.25) is 19.0 Å². The minimum atomic E-state index is -3.98. The minimum absolute atomic E-state index is 0.0322. The molecular formula is C17H21N5O9S. The molecule has 1 aliphatic rings. The van der Waals surface area contributed by atoms with Gasteiger partial charge >= 0.3 is 11.9 Å². The van der Waals surface area contributed by atoms with Gasteiger partial charge < -0.3 is 24.7 Å². The van der Waals surface area contributed by atoms with Crippen molar-refractivity contribution in [3.63, 3.8) is 0 Å². The standard InChI is InChI=1S/C17H21N5O9S/c1-7(23)5-28-16-12(30-9(3)25)11(29-8(2)24)15(31-16)22-14-10(13(18)19-6-20-14)21-17(22)32(4,26)27/h6,11-12,15-16H,5H2,1-4H3,(H2,18,19,20). The van der Waals surface area contributed by atoms with Crippen LogP contribution in [0.1, 0.15) is 27.0 Å². The summed E-state index contributed by atoms with van der Waals surface area (Å²) in [6, 6.07) is 0. The van der Waals surface area contributed by atoms with Gasteiger partial charge in [-0.2, -0.15) is 0 Å². The van der Waals surface area contributed by atoms with Gasteiger partial charge in [0.2, 0.25) is 21.3 Å². The average molecular weight is 471 g/mol. The molecule has 1 aliphatic heterocycles. The first-order chi connectivity index (χ1) is 14.9. The Morgan fingerprint density at radius 3 is 2.31 bits per heavy atom. The fraction of sp³-hybridized carbons (Fsp3) is 0.529. The molecule has 14 nitrogen and oxygen atoms in total. The van der Waals surface area contributed by atoms with Gasteiger partial charge in [-0.05, 0) is 6.92 Å². The van der Waals surface area contributed by atoms with E-state index < -0.39 is 58.3 Å². The highest BCUT2D eigenvalue weighted by Crippen LogP contribution is 2.38. The molecule has 4 unspecified atom stereocenters. The molecule has 3 rings (SSSR count). The van der Waals surface area contributed by atoms with Crippen molar-refractivity contribution in [2.75, 3.05) is 18.6 Å². The Morgan fingerprint density at radius 2 is 1.75 bits per heavy atom. The number of nitrogens with two attached hydrogens (primary N) is 1. The number of carbonyl (C=O) groups excluding carboxylic acids is 3. The summed E-state index contributed by atoms with van der Waals surface area (Å²) in [6.07, 6.45) is -3.50. The third kappa shape index (κ3) is 4.68. The molecule has 4 atom stereocenters. The Balaban J connectivity index is 2.20. The highest BCUT2D eigenvalue weighted by atomic mass is 32.2. The van der Waals surface area contributed by atoms with Gasteiger partial charge in [-0.15, -0.1) is 0 Å². The maximum Gasteiger partial charge on any atom is 0.303 e. The second kappa shape index (κ2) is 8.76. The zero-order valence-electron chi connectivity index (χ0n) is 17.5.